The summed E-state index contributed by atoms with van der Waals surface area (Å²) in [5.74, 6) is -0.191. The van der Waals surface area contributed by atoms with Crippen LogP contribution in [0.2, 0.25) is 0 Å². The summed E-state index contributed by atoms with van der Waals surface area (Å²) in [6, 6.07) is -0.853. The summed E-state index contributed by atoms with van der Waals surface area (Å²) in [6.07, 6.45) is 42.6. The highest BCUT2D eigenvalue weighted by Gasteiger charge is 2.26. The zero-order valence-electron chi connectivity index (χ0n) is 33.6. The number of phosphoric acid groups is 1. The summed E-state index contributed by atoms with van der Waals surface area (Å²) in [5.41, 5.74) is 5.37. The van der Waals surface area contributed by atoms with Gasteiger partial charge in [0.15, 0.2) is 0 Å². The molecule has 0 aliphatic carbocycles. The summed E-state index contributed by atoms with van der Waals surface area (Å²) < 4.78 is 22.1. The lowest BCUT2D eigenvalue weighted by Crippen LogP contribution is -2.45. The van der Waals surface area contributed by atoms with E-state index in [4.69, 9.17) is 14.8 Å². The van der Waals surface area contributed by atoms with Crippen LogP contribution in [-0.2, 0) is 18.4 Å². The van der Waals surface area contributed by atoms with Crippen LogP contribution in [0.15, 0.2) is 12.2 Å². The molecule has 0 aliphatic heterocycles. The fourth-order valence-corrected chi connectivity index (χ4v) is 7.30. The van der Waals surface area contributed by atoms with Crippen LogP contribution >= 0.6 is 7.82 Å². The predicted molar refractivity (Wildman–Crippen MR) is 217 cm³/mol. The molecule has 0 fully saturated rings. The Bertz CT molecular complexity index is 814. The lowest BCUT2D eigenvalue weighted by atomic mass is 10.0. The average molecular weight is 745 g/mol. The van der Waals surface area contributed by atoms with E-state index >= 15 is 0 Å². The molecule has 0 radical (unpaired) electrons. The largest absolute Gasteiger partial charge is 0.472 e. The highest BCUT2D eigenvalue weighted by molar-refractivity contribution is 7.47. The molecule has 0 spiro atoms. The summed E-state index contributed by atoms with van der Waals surface area (Å²) in [5, 5.41) is 13.7. The standard InChI is InChI=1S/C42H85N2O6P/c1-3-5-7-9-11-13-15-17-18-19-20-21-22-24-26-28-30-32-34-36-42(46)44-40(39-50-51(47,48)49-38-37-43)41(45)35-33-31-29-27-25-23-16-14-12-10-8-6-4-2/h33,35,40-41,45H,3-32,34,36-39,43H2,1-2H3,(H,44,46)(H,47,48)/b35-33+/t40-,41+/m0/s1. The summed E-state index contributed by atoms with van der Waals surface area (Å²) in [7, 11) is -4.33. The zero-order chi connectivity index (χ0) is 37.5. The number of rotatable bonds is 41. The van der Waals surface area contributed by atoms with E-state index in [0.717, 1.165) is 38.5 Å². The molecule has 0 saturated heterocycles. The van der Waals surface area contributed by atoms with E-state index < -0.39 is 20.0 Å². The normalized spacial score (nSPS) is 14.2. The number of aliphatic hydroxyl groups is 1. The van der Waals surface area contributed by atoms with Crippen molar-refractivity contribution in [1.29, 1.82) is 0 Å². The van der Waals surface area contributed by atoms with Crippen molar-refractivity contribution >= 4 is 13.7 Å². The number of phosphoric ester groups is 1. The number of hydrogen-bond donors (Lipinski definition) is 4. The van der Waals surface area contributed by atoms with Crippen LogP contribution in [0.5, 0.6) is 0 Å². The van der Waals surface area contributed by atoms with Gasteiger partial charge in [-0.05, 0) is 19.3 Å². The van der Waals surface area contributed by atoms with Gasteiger partial charge in [0.1, 0.15) is 0 Å². The molecule has 0 bridgehead atoms. The Morgan fingerprint density at radius 3 is 1.39 bits per heavy atom. The number of hydrogen-bond acceptors (Lipinski definition) is 6. The maximum atomic E-state index is 12.7. The number of carbonyl (C=O) groups is 1. The van der Waals surface area contributed by atoms with E-state index in [1.54, 1.807) is 6.08 Å². The molecule has 304 valence electrons. The lowest BCUT2D eigenvalue weighted by Gasteiger charge is -2.23. The predicted octanol–water partition coefficient (Wildman–Crippen LogP) is 12.0. The zero-order valence-corrected chi connectivity index (χ0v) is 34.5. The number of amides is 1. The van der Waals surface area contributed by atoms with Gasteiger partial charge in [-0.15, -0.1) is 0 Å². The topological polar surface area (TPSA) is 131 Å². The van der Waals surface area contributed by atoms with Crippen molar-refractivity contribution in [3.8, 4) is 0 Å². The van der Waals surface area contributed by atoms with Crippen molar-refractivity contribution < 1.29 is 28.4 Å². The fraction of sp³-hybridized carbons (Fsp3) is 0.929. The molecule has 0 aromatic rings. The summed E-state index contributed by atoms with van der Waals surface area (Å²) >= 11 is 0. The van der Waals surface area contributed by atoms with Crippen LogP contribution in [-0.4, -0.2) is 47.8 Å². The second-order valence-electron chi connectivity index (χ2n) is 14.9. The van der Waals surface area contributed by atoms with Crippen molar-refractivity contribution in [2.45, 2.75) is 231 Å². The van der Waals surface area contributed by atoms with Crippen LogP contribution in [0.3, 0.4) is 0 Å². The Kier molecular flexibility index (Phi) is 38.4. The van der Waals surface area contributed by atoms with Gasteiger partial charge in [-0.3, -0.25) is 13.8 Å². The minimum atomic E-state index is -4.33. The maximum Gasteiger partial charge on any atom is 0.472 e. The third kappa shape index (κ3) is 37.4. The van der Waals surface area contributed by atoms with Crippen LogP contribution in [0.4, 0.5) is 0 Å². The Hall–Kier alpha value is -0.760. The first-order valence-corrected chi connectivity index (χ1v) is 23.3. The Balaban J connectivity index is 4.14. The van der Waals surface area contributed by atoms with E-state index in [-0.39, 0.29) is 25.7 Å². The molecule has 1 amide bonds. The number of unbranched alkanes of at least 4 members (excludes halogenated alkanes) is 29. The van der Waals surface area contributed by atoms with Gasteiger partial charge < -0.3 is 21.1 Å². The molecule has 0 saturated carbocycles. The van der Waals surface area contributed by atoms with Crippen LogP contribution in [0.25, 0.3) is 0 Å². The van der Waals surface area contributed by atoms with Crippen LogP contribution in [0.1, 0.15) is 219 Å². The van der Waals surface area contributed by atoms with Crippen molar-refractivity contribution in [3.63, 3.8) is 0 Å². The van der Waals surface area contributed by atoms with Gasteiger partial charge >= 0.3 is 7.82 Å². The lowest BCUT2D eigenvalue weighted by molar-refractivity contribution is -0.123. The fourth-order valence-electron chi connectivity index (χ4n) is 6.54. The van der Waals surface area contributed by atoms with E-state index in [1.807, 2.05) is 6.08 Å². The molecule has 51 heavy (non-hydrogen) atoms. The highest BCUT2D eigenvalue weighted by atomic mass is 31.2. The van der Waals surface area contributed by atoms with Gasteiger partial charge in [0.25, 0.3) is 0 Å². The van der Waals surface area contributed by atoms with Crippen LogP contribution in [0, 0.1) is 0 Å². The third-order valence-electron chi connectivity index (χ3n) is 9.86. The molecular formula is C42H85N2O6P. The molecule has 1 unspecified atom stereocenters. The SMILES string of the molecule is CCCCCCCCCCCCC/C=C/[C@@H](O)[C@H](COP(=O)(O)OCCN)NC(=O)CCCCCCCCCCCCCCCCCCCCC. The number of carbonyl (C=O) groups excluding carboxylic acids is 1. The Morgan fingerprint density at radius 2 is 1.00 bits per heavy atom. The minimum absolute atomic E-state index is 0.0813. The van der Waals surface area contributed by atoms with Crippen molar-refractivity contribution in [2.75, 3.05) is 19.8 Å². The van der Waals surface area contributed by atoms with Crippen molar-refractivity contribution in [2.24, 2.45) is 5.73 Å². The average Bonchev–Trinajstić information content (AvgIpc) is 3.12. The molecule has 3 atom stereocenters. The van der Waals surface area contributed by atoms with E-state index in [1.165, 1.54) is 161 Å². The van der Waals surface area contributed by atoms with E-state index in [9.17, 15) is 19.4 Å². The molecule has 0 aromatic heterocycles. The first-order chi connectivity index (χ1) is 24.9. The molecule has 0 rings (SSSR count). The third-order valence-corrected chi connectivity index (χ3v) is 10.8. The van der Waals surface area contributed by atoms with E-state index in [0.29, 0.717) is 6.42 Å². The first kappa shape index (κ1) is 50.2. The van der Waals surface area contributed by atoms with Gasteiger partial charge in [0.2, 0.25) is 5.91 Å². The quantitative estimate of drug-likeness (QED) is 0.0278. The Labute approximate surface area is 315 Å². The van der Waals surface area contributed by atoms with Gasteiger partial charge in [-0.1, -0.05) is 206 Å². The summed E-state index contributed by atoms with van der Waals surface area (Å²) in [6.45, 7) is 4.15. The van der Waals surface area contributed by atoms with Gasteiger partial charge in [-0.2, -0.15) is 0 Å². The second-order valence-corrected chi connectivity index (χ2v) is 16.4. The molecule has 0 aromatic carbocycles. The maximum absolute atomic E-state index is 12.7. The van der Waals surface area contributed by atoms with E-state index in [2.05, 4.69) is 19.2 Å². The van der Waals surface area contributed by atoms with Gasteiger partial charge in [0.05, 0.1) is 25.4 Å². The highest BCUT2D eigenvalue weighted by Crippen LogP contribution is 2.43. The smallest absolute Gasteiger partial charge is 0.387 e. The molecule has 5 N–H and O–H groups in total. The van der Waals surface area contributed by atoms with Crippen molar-refractivity contribution in [1.82, 2.24) is 5.32 Å². The number of aliphatic hydroxyl groups excluding tert-OH is 1. The Morgan fingerprint density at radius 1 is 0.627 bits per heavy atom. The second kappa shape index (κ2) is 38.9. The molecule has 0 heterocycles. The number of allylic oxidation sites excluding steroid dienone is 1. The molecular weight excluding hydrogens is 659 g/mol. The molecule has 8 nitrogen and oxygen atoms in total. The number of nitrogens with two attached hydrogens (primary N) is 1. The summed E-state index contributed by atoms with van der Waals surface area (Å²) in [4.78, 5) is 22.7. The monoisotopic (exact) mass is 745 g/mol. The van der Waals surface area contributed by atoms with Crippen molar-refractivity contribution in [3.05, 3.63) is 12.2 Å². The van der Waals surface area contributed by atoms with Crippen LogP contribution < -0.4 is 11.1 Å². The molecule has 0 aliphatic rings. The minimum Gasteiger partial charge on any atom is -0.387 e. The number of nitrogens with one attached hydrogen (secondary N) is 1. The molecule has 9 heteroatoms. The van der Waals surface area contributed by atoms with Gasteiger partial charge in [0, 0.05) is 13.0 Å². The first-order valence-electron chi connectivity index (χ1n) is 21.8. The van der Waals surface area contributed by atoms with Gasteiger partial charge in [-0.25, -0.2) is 4.57 Å².